The van der Waals surface area contributed by atoms with Crippen molar-refractivity contribution in [3.05, 3.63) is 29.6 Å². The molecule has 2 N–H and O–H groups in total. The van der Waals surface area contributed by atoms with E-state index in [1.807, 2.05) is 0 Å². The Morgan fingerprint density at radius 3 is 2.60 bits per heavy atom. The minimum atomic E-state index is -4.63. The van der Waals surface area contributed by atoms with Crippen molar-refractivity contribution in [3.8, 4) is 0 Å². The van der Waals surface area contributed by atoms with Gasteiger partial charge in [0.1, 0.15) is 5.82 Å². The molecule has 110 valence electrons. The van der Waals surface area contributed by atoms with Crippen LogP contribution in [0.5, 0.6) is 0 Å². The second-order valence-electron chi connectivity index (χ2n) is 4.92. The summed E-state index contributed by atoms with van der Waals surface area (Å²) in [6, 6.07) is 3.51. The highest BCUT2D eigenvalue weighted by atomic mass is 19.4. The molecule has 2 rings (SSSR count). The number of amides is 1. The van der Waals surface area contributed by atoms with E-state index in [2.05, 4.69) is 10.6 Å². The molecule has 7 heteroatoms. The number of rotatable bonds is 2. The van der Waals surface area contributed by atoms with Gasteiger partial charge in [0.15, 0.2) is 5.41 Å². The van der Waals surface area contributed by atoms with Crippen LogP contribution in [0.2, 0.25) is 0 Å². The fraction of sp³-hybridized carbons (Fsp3) is 0.462. The first-order valence-electron chi connectivity index (χ1n) is 6.11. The number of carbonyl (C=O) groups is 1. The third-order valence-corrected chi connectivity index (χ3v) is 3.57. The van der Waals surface area contributed by atoms with Crippen LogP contribution in [0.1, 0.15) is 12.0 Å². The molecule has 0 aromatic heterocycles. The molecule has 1 atom stereocenters. The topological polar surface area (TPSA) is 41.1 Å². The van der Waals surface area contributed by atoms with Crippen LogP contribution >= 0.6 is 0 Å². The van der Waals surface area contributed by atoms with Crippen molar-refractivity contribution in [2.24, 2.45) is 5.41 Å². The molecule has 0 bridgehead atoms. The van der Waals surface area contributed by atoms with Gasteiger partial charge in [-0.2, -0.15) is 13.2 Å². The summed E-state index contributed by atoms with van der Waals surface area (Å²) in [6.45, 7) is 1.21. The fourth-order valence-electron chi connectivity index (χ4n) is 2.27. The van der Waals surface area contributed by atoms with Crippen LogP contribution in [0.4, 0.5) is 23.2 Å². The molecule has 0 aliphatic carbocycles. The molecule has 1 amide bonds. The Hall–Kier alpha value is -1.63. The maximum Gasteiger partial charge on any atom is 0.404 e. The van der Waals surface area contributed by atoms with Gasteiger partial charge in [0, 0.05) is 12.2 Å². The summed E-state index contributed by atoms with van der Waals surface area (Å²) in [6.07, 6.45) is -4.93. The SMILES string of the molecule is Cc1cc(F)ccc1NC(=O)C1(C(F)(F)F)CCNC1. The molecule has 0 spiro atoms. The van der Waals surface area contributed by atoms with E-state index in [4.69, 9.17) is 0 Å². The van der Waals surface area contributed by atoms with Gasteiger partial charge >= 0.3 is 6.18 Å². The maximum absolute atomic E-state index is 13.2. The van der Waals surface area contributed by atoms with Gasteiger partial charge in [0.05, 0.1) is 0 Å². The zero-order valence-corrected chi connectivity index (χ0v) is 10.8. The minimum Gasteiger partial charge on any atom is -0.325 e. The normalized spacial score (nSPS) is 22.9. The molecule has 1 aliphatic rings. The second-order valence-corrected chi connectivity index (χ2v) is 4.92. The summed E-state index contributed by atoms with van der Waals surface area (Å²) in [5.41, 5.74) is -1.86. The van der Waals surface area contributed by atoms with Gasteiger partial charge in [-0.15, -0.1) is 0 Å². The lowest BCUT2D eigenvalue weighted by atomic mass is 9.85. The first kappa shape index (κ1) is 14.8. The molecule has 1 fully saturated rings. The van der Waals surface area contributed by atoms with Crippen LogP contribution in [0.15, 0.2) is 18.2 Å². The maximum atomic E-state index is 13.2. The van der Waals surface area contributed by atoms with Crippen molar-refractivity contribution in [3.63, 3.8) is 0 Å². The smallest absolute Gasteiger partial charge is 0.325 e. The lowest BCUT2D eigenvalue weighted by Gasteiger charge is -2.29. The van der Waals surface area contributed by atoms with E-state index in [1.54, 1.807) is 0 Å². The monoisotopic (exact) mass is 290 g/mol. The lowest BCUT2D eigenvalue weighted by Crippen LogP contribution is -2.49. The zero-order chi connectivity index (χ0) is 15.0. The largest absolute Gasteiger partial charge is 0.404 e. The first-order valence-corrected chi connectivity index (χ1v) is 6.11. The van der Waals surface area contributed by atoms with E-state index in [0.29, 0.717) is 5.56 Å². The van der Waals surface area contributed by atoms with Crippen LogP contribution in [-0.2, 0) is 4.79 Å². The summed E-state index contributed by atoms with van der Waals surface area (Å²) in [7, 11) is 0. The summed E-state index contributed by atoms with van der Waals surface area (Å²) >= 11 is 0. The molecule has 1 saturated heterocycles. The molecule has 20 heavy (non-hydrogen) atoms. The number of hydrogen-bond donors (Lipinski definition) is 2. The third kappa shape index (κ3) is 2.49. The Kier molecular flexibility index (Phi) is 3.73. The van der Waals surface area contributed by atoms with Crippen molar-refractivity contribution in [1.82, 2.24) is 5.32 Å². The molecule has 1 aromatic carbocycles. The average molecular weight is 290 g/mol. The van der Waals surface area contributed by atoms with E-state index in [9.17, 15) is 22.4 Å². The molecule has 0 radical (unpaired) electrons. The number of carbonyl (C=O) groups excluding carboxylic acids is 1. The lowest BCUT2D eigenvalue weighted by molar-refractivity contribution is -0.213. The van der Waals surface area contributed by atoms with E-state index >= 15 is 0 Å². The van der Waals surface area contributed by atoms with Crippen LogP contribution in [0.3, 0.4) is 0 Å². The highest BCUT2D eigenvalue weighted by Gasteiger charge is 2.61. The van der Waals surface area contributed by atoms with Crippen molar-refractivity contribution < 1.29 is 22.4 Å². The van der Waals surface area contributed by atoms with Gasteiger partial charge in [-0.3, -0.25) is 4.79 Å². The molecule has 1 unspecified atom stereocenters. The quantitative estimate of drug-likeness (QED) is 0.822. The molecule has 1 aliphatic heterocycles. The molecule has 1 aromatic rings. The Morgan fingerprint density at radius 1 is 1.40 bits per heavy atom. The third-order valence-electron chi connectivity index (χ3n) is 3.57. The summed E-state index contributed by atoms with van der Waals surface area (Å²) in [4.78, 5) is 12.1. The van der Waals surface area contributed by atoms with Gasteiger partial charge in [-0.25, -0.2) is 4.39 Å². The van der Waals surface area contributed by atoms with Crippen LogP contribution in [-0.4, -0.2) is 25.2 Å². The Balaban J connectivity index is 2.26. The van der Waals surface area contributed by atoms with Gasteiger partial charge in [-0.1, -0.05) is 0 Å². The van der Waals surface area contributed by atoms with E-state index in [-0.39, 0.29) is 18.7 Å². The number of alkyl halides is 3. The number of nitrogens with one attached hydrogen (secondary N) is 2. The van der Waals surface area contributed by atoms with Crippen LogP contribution < -0.4 is 10.6 Å². The molecular weight excluding hydrogens is 276 g/mol. The van der Waals surface area contributed by atoms with Gasteiger partial charge < -0.3 is 10.6 Å². The standard InChI is InChI=1S/C13H14F4N2O/c1-8-6-9(14)2-3-10(8)19-11(20)12(13(15,16)17)4-5-18-7-12/h2-3,6,18H,4-5,7H2,1H3,(H,19,20). The van der Waals surface area contributed by atoms with E-state index in [0.717, 1.165) is 12.1 Å². The number of hydrogen-bond acceptors (Lipinski definition) is 2. The fourth-order valence-corrected chi connectivity index (χ4v) is 2.27. The minimum absolute atomic E-state index is 0.134. The predicted molar refractivity (Wildman–Crippen MR) is 65.7 cm³/mol. The summed E-state index contributed by atoms with van der Waals surface area (Å²) in [5.74, 6) is -1.61. The highest BCUT2D eigenvalue weighted by Crippen LogP contribution is 2.43. The van der Waals surface area contributed by atoms with Crippen molar-refractivity contribution >= 4 is 11.6 Å². The van der Waals surface area contributed by atoms with E-state index in [1.165, 1.54) is 13.0 Å². The Bertz CT molecular complexity index is 522. The van der Waals surface area contributed by atoms with Gasteiger partial charge in [0.25, 0.3) is 0 Å². The van der Waals surface area contributed by atoms with Crippen molar-refractivity contribution in [1.29, 1.82) is 0 Å². The Labute approximate surface area is 113 Å². The zero-order valence-electron chi connectivity index (χ0n) is 10.8. The van der Waals surface area contributed by atoms with E-state index < -0.39 is 29.9 Å². The van der Waals surface area contributed by atoms with Gasteiger partial charge in [0.2, 0.25) is 5.91 Å². The number of aryl methyl sites for hydroxylation is 1. The highest BCUT2D eigenvalue weighted by molar-refractivity contribution is 5.97. The van der Waals surface area contributed by atoms with Crippen molar-refractivity contribution in [2.75, 3.05) is 18.4 Å². The number of benzene rings is 1. The Morgan fingerprint density at radius 2 is 2.10 bits per heavy atom. The predicted octanol–water partition coefficient (Wildman–Crippen LogP) is 2.61. The van der Waals surface area contributed by atoms with Gasteiger partial charge in [-0.05, 0) is 43.7 Å². The number of anilines is 1. The molecule has 0 saturated carbocycles. The van der Waals surface area contributed by atoms with Crippen molar-refractivity contribution in [2.45, 2.75) is 19.5 Å². The average Bonchev–Trinajstić information content (AvgIpc) is 2.82. The molecule has 3 nitrogen and oxygen atoms in total. The molecule has 1 heterocycles. The number of halogens is 4. The van der Waals surface area contributed by atoms with Crippen LogP contribution in [0.25, 0.3) is 0 Å². The first-order chi connectivity index (χ1) is 9.26. The molecular formula is C13H14F4N2O. The summed E-state index contributed by atoms with van der Waals surface area (Å²) < 4.78 is 52.5. The van der Waals surface area contributed by atoms with Crippen LogP contribution in [0, 0.1) is 18.2 Å². The second kappa shape index (κ2) is 5.05. The summed E-state index contributed by atoms with van der Waals surface area (Å²) in [5, 5.41) is 4.83.